The van der Waals surface area contributed by atoms with E-state index in [2.05, 4.69) is 9.27 Å². The first-order chi connectivity index (χ1) is 11.1. The molecule has 0 saturated heterocycles. The first-order valence-corrected chi connectivity index (χ1v) is 8.51. The highest BCUT2D eigenvalue weighted by atomic mass is 32.2. The molecule has 0 bridgehead atoms. The van der Waals surface area contributed by atoms with E-state index in [0.717, 1.165) is 23.6 Å². The summed E-state index contributed by atoms with van der Waals surface area (Å²) in [6, 6.07) is 5.61. The number of aromatic nitrogens is 1. The van der Waals surface area contributed by atoms with E-state index in [-0.39, 0.29) is 16.6 Å². The molecule has 1 aromatic heterocycles. The molecule has 10 heteroatoms. The van der Waals surface area contributed by atoms with Crippen LogP contribution >= 0.6 is 0 Å². The molecule has 0 aliphatic rings. The van der Waals surface area contributed by atoms with Crippen molar-refractivity contribution < 1.29 is 21.9 Å². The van der Waals surface area contributed by atoms with Crippen molar-refractivity contribution in [2.75, 3.05) is 6.26 Å². The van der Waals surface area contributed by atoms with Gasteiger partial charge in [0.15, 0.2) is 5.69 Å². The summed E-state index contributed by atoms with van der Waals surface area (Å²) >= 11 is 0. The van der Waals surface area contributed by atoms with Crippen LogP contribution in [0.1, 0.15) is 21.6 Å². The maximum absolute atomic E-state index is 12.2. The average molecular weight is 352 g/mol. The quantitative estimate of drug-likeness (QED) is 0.478. The summed E-state index contributed by atoms with van der Waals surface area (Å²) in [5, 5.41) is 7.40. The second-order valence-electron chi connectivity index (χ2n) is 5.18. The van der Waals surface area contributed by atoms with Crippen molar-refractivity contribution in [3.63, 3.8) is 0 Å². The summed E-state index contributed by atoms with van der Waals surface area (Å²) in [4.78, 5) is 16.2. The fourth-order valence-electron chi connectivity index (χ4n) is 2.03. The Labute approximate surface area is 138 Å². The molecule has 2 rings (SSSR count). The Hall–Kier alpha value is -2.72. The van der Waals surface area contributed by atoms with Crippen molar-refractivity contribution in [3.8, 4) is 11.5 Å². The Morgan fingerprint density at radius 3 is 2.38 bits per heavy atom. The number of carbonyl (C=O) groups is 1. The Morgan fingerprint density at radius 1 is 1.29 bits per heavy atom. The Balaban J connectivity index is 2.34. The third-order valence-corrected chi connectivity index (χ3v) is 3.22. The maximum Gasteiger partial charge on any atom is 0.307 e. The molecule has 0 fully saturated rings. The Kier molecular flexibility index (Phi) is 4.71. The SMILES string of the molecule is Cc1cc(C)cc(-c2nc(C(=O)N(OS(C)(=O)=O)C(=N)N)co2)c1. The minimum Gasteiger partial charge on any atom is -0.444 e. The summed E-state index contributed by atoms with van der Waals surface area (Å²) in [6.45, 7) is 3.81. The largest absolute Gasteiger partial charge is 0.444 e. The van der Waals surface area contributed by atoms with Crippen molar-refractivity contribution >= 4 is 22.0 Å². The number of nitrogens with zero attached hydrogens (tertiary/aromatic N) is 2. The summed E-state index contributed by atoms with van der Waals surface area (Å²) in [5.74, 6) is -1.76. The molecule has 0 unspecified atom stereocenters. The second-order valence-corrected chi connectivity index (χ2v) is 6.74. The zero-order valence-corrected chi connectivity index (χ0v) is 14.0. The van der Waals surface area contributed by atoms with Gasteiger partial charge < -0.3 is 10.2 Å². The van der Waals surface area contributed by atoms with Crippen molar-refractivity contribution in [1.82, 2.24) is 10.0 Å². The van der Waals surface area contributed by atoms with E-state index in [1.807, 2.05) is 32.0 Å². The van der Waals surface area contributed by atoms with E-state index >= 15 is 0 Å². The summed E-state index contributed by atoms with van der Waals surface area (Å²) in [5.41, 5.74) is 7.57. The number of hydroxylamine groups is 2. The van der Waals surface area contributed by atoms with Crippen LogP contribution in [-0.2, 0) is 14.4 Å². The van der Waals surface area contributed by atoms with Crippen molar-refractivity contribution in [2.45, 2.75) is 13.8 Å². The van der Waals surface area contributed by atoms with Gasteiger partial charge in [-0.2, -0.15) is 8.42 Å². The molecule has 2 aromatic rings. The van der Waals surface area contributed by atoms with Crippen LogP contribution in [0.25, 0.3) is 11.5 Å². The van der Waals surface area contributed by atoms with Gasteiger partial charge in [0.25, 0.3) is 10.1 Å². The number of nitrogens with two attached hydrogens (primary N) is 1. The van der Waals surface area contributed by atoms with E-state index in [1.54, 1.807) is 0 Å². The molecule has 1 heterocycles. The Morgan fingerprint density at radius 2 is 1.88 bits per heavy atom. The number of benzene rings is 1. The standard InChI is InChI=1S/C14H16N4O5S/c1-8-4-9(2)6-10(5-8)12-17-11(7-22-12)13(19)18(14(15)16)23-24(3,20)21/h4-7H,1-3H3,(H3,15,16). The van der Waals surface area contributed by atoms with Crippen molar-refractivity contribution in [1.29, 1.82) is 5.41 Å². The second kappa shape index (κ2) is 6.42. The number of hydrogen-bond acceptors (Lipinski definition) is 7. The van der Waals surface area contributed by atoms with Gasteiger partial charge >= 0.3 is 5.91 Å². The van der Waals surface area contributed by atoms with Gasteiger partial charge in [-0.05, 0) is 26.0 Å². The minimum atomic E-state index is -4.05. The van der Waals surface area contributed by atoms with Gasteiger partial charge in [-0.3, -0.25) is 10.2 Å². The summed E-state index contributed by atoms with van der Waals surface area (Å²) in [7, 11) is -4.05. The fourth-order valence-corrected chi connectivity index (χ4v) is 2.44. The van der Waals surface area contributed by atoms with Crippen LogP contribution in [0.5, 0.6) is 0 Å². The van der Waals surface area contributed by atoms with Crippen molar-refractivity contribution in [2.24, 2.45) is 5.73 Å². The van der Waals surface area contributed by atoms with Crippen LogP contribution in [0.4, 0.5) is 0 Å². The highest BCUT2D eigenvalue weighted by Crippen LogP contribution is 2.22. The first-order valence-electron chi connectivity index (χ1n) is 6.69. The number of hydrogen-bond donors (Lipinski definition) is 2. The lowest BCUT2D eigenvalue weighted by molar-refractivity contribution is 0.0195. The number of oxazole rings is 1. The van der Waals surface area contributed by atoms with Crippen LogP contribution < -0.4 is 5.73 Å². The van der Waals surface area contributed by atoms with Gasteiger partial charge in [0.2, 0.25) is 11.9 Å². The van der Waals surface area contributed by atoms with E-state index in [1.165, 1.54) is 0 Å². The molecular weight excluding hydrogens is 336 g/mol. The molecule has 0 spiro atoms. The lowest BCUT2D eigenvalue weighted by atomic mass is 10.1. The molecule has 0 aliphatic carbocycles. The number of carbonyl (C=O) groups excluding carboxylic acids is 1. The van der Waals surface area contributed by atoms with Crippen LogP contribution in [0.3, 0.4) is 0 Å². The maximum atomic E-state index is 12.2. The molecular formula is C14H16N4O5S. The van der Waals surface area contributed by atoms with Gasteiger partial charge in [0.1, 0.15) is 6.26 Å². The number of amides is 1. The molecule has 0 atom stereocenters. The van der Waals surface area contributed by atoms with Gasteiger partial charge in [-0.1, -0.05) is 17.2 Å². The van der Waals surface area contributed by atoms with Crippen LogP contribution in [-0.4, -0.2) is 36.6 Å². The van der Waals surface area contributed by atoms with E-state index < -0.39 is 22.0 Å². The monoisotopic (exact) mass is 352 g/mol. The smallest absolute Gasteiger partial charge is 0.307 e. The predicted octanol–water partition coefficient (Wildman–Crippen LogP) is 1.19. The molecule has 0 radical (unpaired) electrons. The summed E-state index contributed by atoms with van der Waals surface area (Å²) in [6.07, 6.45) is 1.76. The number of aryl methyl sites for hydroxylation is 2. The van der Waals surface area contributed by atoms with Crippen LogP contribution in [0.2, 0.25) is 0 Å². The summed E-state index contributed by atoms with van der Waals surface area (Å²) < 4.78 is 32.0. The lowest BCUT2D eigenvalue weighted by Crippen LogP contribution is -2.42. The number of guanidine groups is 1. The molecule has 1 aromatic carbocycles. The topological polar surface area (TPSA) is 140 Å². The normalized spacial score (nSPS) is 11.3. The zero-order chi connectivity index (χ0) is 18.1. The average Bonchev–Trinajstić information content (AvgIpc) is 2.91. The molecule has 1 amide bonds. The van der Waals surface area contributed by atoms with E-state index in [9.17, 15) is 13.2 Å². The number of nitrogens with one attached hydrogen (secondary N) is 1. The van der Waals surface area contributed by atoms with Gasteiger partial charge in [-0.15, -0.1) is 9.35 Å². The zero-order valence-electron chi connectivity index (χ0n) is 13.2. The highest BCUT2D eigenvalue weighted by molar-refractivity contribution is 7.85. The van der Waals surface area contributed by atoms with Gasteiger partial charge in [0.05, 0.1) is 6.26 Å². The third-order valence-electron chi connectivity index (χ3n) is 2.81. The molecule has 24 heavy (non-hydrogen) atoms. The van der Waals surface area contributed by atoms with E-state index in [4.69, 9.17) is 15.6 Å². The highest BCUT2D eigenvalue weighted by Gasteiger charge is 2.27. The Bertz CT molecular complexity index is 883. The fraction of sp³-hybridized carbons (Fsp3) is 0.214. The molecule has 3 N–H and O–H groups in total. The molecule has 0 saturated carbocycles. The molecule has 9 nitrogen and oxygen atoms in total. The molecule has 128 valence electrons. The van der Waals surface area contributed by atoms with Gasteiger partial charge in [0, 0.05) is 5.56 Å². The van der Waals surface area contributed by atoms with Gasteiger partial charge in [-0.25, -0.2) is 4.98 Å². The van der Waals surface area contributed by atoms with Crippen LogP contribution in [0, 0.1) is 19.3 Å². The number of rotatable bonds is 4. The lowest BCUT2D eigenvalue weighted by Gasteiger charge is -2.15. The molecule has 0 aliphatic heterocycles. The van der Waals surface area contributed by atoms with Crippen LogP contribution in [0.15, 0.2) is 28.9 Å². The van der Waals surface area contributed by atoms with Crippen molar-refractivity contribution in [3.05, 3.63) is 41.3 Å². The minimum absolute atomic E-state index is 0.123. The third kappa shape index (κ3) is 4.18. The van der Waals surface area contributed by atoms with E-state index in [0.29, 0.717) is 5.56 Å². The predicted molar refractivity (Wildman–Crippen MR) is 85.4 cm³/mol. The first kappa shape index (κ1) is 17.6.